The van der Waals surface area contributed by atoms with E-state index in [1.54, 1.807) is 31.4 Å². The van der Waals surface area contributed by atoms with Crippen LogP contribution in [0.1, 0.15) is 38.8 Å². The zero-order valence-electron chi connectivity index (χ0n) is 20.6. The van der Waals surface area contributed by atoms with Crippen LogP contribution in [-0.4, -0.2) is 66.7 Å². The lowest BCUT2D eigenvalue weighted by Crippen LogP contribution is -2.49. The number of aryl methyl sites for hydroxylation is 1. The maximum atomic E-state index is 13.4. The Balaban J connectivity index is 1.04. The van der Waals surface area contributed by atoms with Crippen molar-refractivity contribution in [3.8, 4) is 17.2 Å². The quantitative estimate of drug-likeness (QED) is 0.532. The van der Waals surface area contributed by atoms with Crippen LogP contribution in [0.25, 0.3) is 0 Å². The van der Waals surface area contributed by atoms with Gasteiger partial charge in [0.15, 0.2) is 16.6 Å². The van der Waals surface area contributed by atoms with E-state index in [4.69, 9.17) is 14.2 Å². The van der Waals surface area contributed by atoms with Gasteiger partial charge < -0.3 is 19.1 Å². The largest absolute Gasteiger partial charge is 0.497 e. The summed E-state index contributed by atoms with van der Waals surface area (Å²) in [7, 11) is 1.59. The van der Waals surface area contributed by atoms with Crippen LogP contribution in [-0.2, 0) is 17.8 Å². The van der Waals surface area contributed by atoms with Gasteiger partial charge in [0.2, 0.25) is 12.7 Å². The molecule has 1 aliphatic carbocycles. The Morgan fingerprint density at radius 2 is 1.86 bits per heavy atom. The van der Waals surface area contributed by atoms with Crippen molar-refractivity contribution in [2.75, 3.05) is 45.4 Å². The fourth-order valence-corrected chi connectivity index (χ4v) is 6.11. The Hall–Kier alpha value is -3.63. The number of piperazine rings is 1. The lowest BCUT2D eigenvalue weighted by molar-refractivity contribution is -0.134. The molecule has 2 aliphatic heterocycles. The van der Waals surface area contributed by atoms with Crippen LogP contribution in [0.2, 0.25) is 0 Å². The van der Waals surface area contributed by atoms with Gasteiger partial charge in [-0.3, -0.25) is 19.8 Å². The first kappa shape index (κ1) is 23.7. The molecule has 9 nitrogen and oxygen atoms in total. The normalized spacial score (nSPS) is 18.5. The number of fused-ring (bicyclic) bond motifs is 2. The van der Waals surface area contributed by atoms with Crippen molar-refractivity contribution >= 4 is 28.3 Å². The van der Waals surface area contributed by atoms with E-state index in [2.05, 4.69) is 21.3 Å². The van der Waals surface area contributed by atoms with E-state index in [1.165, 1.54) is 16.9 Å². The molecular weight excluding hydrogens is 492 g/mol. The molecule has 0 spiro atoms. The van der Waals surface area contributed by atoms with E-state index in [0.29, 0.717) is 29.5 Å². The zero-order chi connectivity index (χ0) is 25.4. The van der Waals surface area contributed by atoms with Crippen LogP contribution in [0.15, 0.2) is 42.5 Å². The maximum absolute atomic E-state index is 13.4. The van der Waals surface area contributed by atoms with Gasteiger partial charge in [0.1, 0.15) is 5.75 Å². The van der Waals surface area contributed by atoms with E-state index in [1.807, 2.05) is 17.0 Å². The monoisotopic (exact) mass is 520 g/mol. The zero-order valence-corrected chi connectivity index (χ0v) is 21.4. The first-order chi connectivity index (χ1) is 18.1. The summed E-state index contributed by atoms with van der Waals surface area (Å²) in [5, 5.41) is 3.43. The van der Waals surface area contributed by atoms with E-state index in [-0.39, 0.29) is 24.5 Å². The minimum atomic E-state index is -0.238. The molecule has 192 valence electrons. The minimum absolute atomic E-state index is 0.139. The Morgan fingerprint density at radius 1 is 1.08 bits per heavy atom. The van der Waals surface area contributed by atoms with E-state index >= 15 is 0 Å². The molecular formula is C27H28N4O5S. The standard InChI is InChI=1S/C27H28N4O5S/c1-34-19-5-3-18(4-6-19)25(32)29-27-28-24-20(7-9-23(24)37-27)26(33)31-12-10-30(11-13-31)15-17-2-8-21-22(14-17)36-16-35-21/h2-6,8,14,20H,7,9-13,15-16H2,1H3,(H,28,29,32). The molecule has 37 heavy (non-hydrogen) atoms. The lowest BCUT2D eigenvalue weighted by Gasteiger charge is -2.36. The smallest absolute Gasteiger partial charge is 0.257 e. The highest BCUT2D eigenvalue weighted by Crippen LogP contribution is 2.39. The Morgan fingerprint density at radius 3 is 2.65 bits per heavy atom. The molecule has 1 fully saturated rings. The molecule has 10 heteroatoms. The molecule has 2 aromatic carbocycles. The number of ether oxygens (including phenoxy) is 3. The van der Waals surface area contributed by atoms with Gasteiger partial charge in [0, 0.05) is 43.2 Å². The molecule has 1 N–H and O–H groups in total. The highest BCUT2D eigenvalue weighted by molar-refractivity contribution is 7.16. The van der Waals surface area contributed by atoms with Gasteiger partial charge in [-0.2, -0.15) is 0 Å². The highest BCUT2D eigenvalue weighted by Gasteiger charge is 2.36. The number of amides is 2. The number of nitrogens with zero attached hydrogens (tertiary/aromatic N) is 3. The molecule has 3 aliphatic rings. The predicted molar refractivity (Wildman–Crippen MR) is 139 cm³/mol. The molecule has 0 radical (unpaired) electrons. The summed E-state index contributed by atoms with van der Waals surface area (Å²) in [6.07, 6.45) is 1.59. The van der Waals surface area contributed by atoms with Gasteiger partial charge in [-0.25, -0.2) is 4.98 Å². The number of carbonyl (C=O) groups excluding carboxylic acids is 2. The van der Waals surface area contributed by atoms with E-state index in [9.17, 15) is 9.59 Å². The van der Waals surface area contributed by atoms with Gasteiger partial charge >= 0.3 is 0 Å². The fourth-order valence-electron chi connectivity index (χ4n) is 5.08. The van der Waals surface area contributed by atoms with Crippen molar-refractivity contribution in [2.24, 2.45) is 0 Å². The first-order valence-electron chi connectivity index (χ1n) is 12.4. The van der Waals surface area contributed by atoms with Crippen LogP contribution < -0.4 is 19.5 Å². The van der Waals surface area contributed by atoms with Gasteiger partial charge in [0.05, 0.1) is 18.7 Å². The molecule has 1 saturated heterocycles. The first-order valence-corrected chi connectivity index (χ1v) is 13.2. The number of hydrogen-bond acceptors (Lipinski definition) is 8. The van der Waals surface area contributed by atoms with Crippen molar-refractivity contribution < 1.29 is 23.8 Å². The van der Waals surface area contributed by atoms with Crippen LogP contribution >= 0.6 is 11.3 Å². The second-order valence-corrected chi connectivity index (χ2v) is 10.5. The number of anilines is 1. The van der Waals surface area contributed by atoms with Crippen LogP contribution in [0.3, 0.4) is 0 Å². The molecule has 3 heterocycles. The Labute approximate surface area is 219 Å². The number of benzene rings is 2. The maximum Gasteiger partial charge on any atom is 0.257 e. The van der Waals surface area contributed by atoms with Crippen molar-refractivity contribution in [1.82, 2.24) is 14.8 Å². The van der Waals surface area contributed by atoms with Gasteiger partial charge in [0.25, 0.3) is 5.91 Å². The summed E-state index contributed by atoms with van der Waals surface area (Å²) < 4.78 is 16.0. The third-order valence-electron chi connectivity index (χ3n) is 7.12. The summed E-state index contributed by atoms with van der Waals surface area (Å²) in [6.45, 7) is 4.12. The average Bonchev–Trinajstić information content (AvgIpc) is 3.64. The second kappa shape index (κ2) is 10.0. The van der Waals surface area contributed by atoms with Crippen molar-refractivity contribution in [3.05, 3.63) is 64.2 Å². The second-order valence-electron chi connectivity index (χ2n) is 9.39. The topological polar surface area (TPSA) is 93.2 Å². The van der Waals surface area contributed by atoms with E-state index in [0.717, 1.165) is 54.5 Å². The number of methoxy groups -OCH3 is 1. The summed E-state index contributed by atoms with van der Waals surface area (Å²) >= 11 is 1.46. The highest BCUT2D eigenvalue weighted by atomic mass is 32.1. The van der Waals surface area contributed by atoms with Gasteiger partial charge in [-0.05, 0) is 54.8 Å². The molecule has 2 amide bonds. The number of rotatable bonds is 6. The average molecular weight is 521 g/mol. The third kappa shape index (κ3) is 4.86. The van der Waals surface area contributed by atoms with Crippen molar-refractivity contribution in [2.45, 2.75) is 25.3 Å². The summed E-state index contributed by atoms with van der Waals surface area (Å²) in [6, 6.07) is 13.0. The van der Waals surface area contributed by atoms with Crippen molar-refractivity contribution in [1.29, 1.82) is 0 Å². The molecule has 1 aromatic heterocycles. The summed E-state index contributed by atoms with van der Waals surface area (Å²) in [5.41, 5.74) is 2.53. The predicted octanol–water partition coefficient (Wildman–Crippen LogP) is 3.51. The number of thiazole rings is 1. The molecule has 1 unspecified atom stereocenters. The SMILES string of the molecule is COc1ccc(C(=O)Nc2nc3c(s2)CCC3C(=O)N2CCN(Cc3ccc4c(c3)OCO4)CC2)cc1. The number of carbonyl (C=O) groups is 2. The van der Waals surface area contributed by atoms with Gasteiger partial charge in [-0.15, -0.1) is 11.3 Å². The molecule has 3 aromatic rings. The van der Waals surface area contributed by atoms with Gasteiger partial charge in [-0.1, -0.05) is 6.07 Å². The third-order valence-corrected chi connectivity index (χ3v) is 8.16. The Kier molecular flexibility index (Phi) is 6.43. The number of hydrogen-bond donors (Lipinski definition) is 1. The minimum Gasteiger partial charge on any atom is -0.497 e. The Bertz CT molecular complexity index is 1320. The number of nitrogens with one attached hydrogen (secondary N) is 1. The fraction of sp³-hybridized carbons (Fsp3) is 0.370. The van der Waals surface area contributed by atoms with Crippen LogP contribution in [0, 0.1) is 0 Å². The van der Waals surface area contributed by atoms with Crippen molar-refractivity contribution in [3.63, 3.8) is 0 Å². The molecule has 6 rings (SSSR count). The van der Waals surface area contributed by atoms with Crippen LogP contribution in [0.4, 0.5) is 5.13 Å². The summed E-state index contributed by atoms with van der Waals surface area (Å²) in [5.74, 6) is 1.96. The molecule has 1 atom stereocenters. The summed E-state index contributed by atoms with van der Waals surface area (Å²) in [4.78, 5) is 36.1. The van der Waals surface area contributed by atoms with Crippen LogP contribution in [0.5, 0.6) is 17.2 Å². The van der Waals surface area contributed by atoms with E-state index < -0.39 is 0 Å². The molecule has 0 saturated carbocycles. The molecule has 0 bridgehead atoms. The lowest BCUT2D eigenvalue weighted by atomic mass is 10.0. The number of aromatic nitrogens is 1.